The first-order valence-corrected chi connectivity index (χ1v) is 11.9. The molecular formula is C23H21N3O8S2. The normalized spacial score (nSPS) is 15.1. The number of carboxylic acid groups (broad SMARTS) is 1. The van der Waals surface area contributed by atoms with E-state index in [1.165, 1.54) is 24.3 Å². The Morgan fingerprint density at radius 1 is 1.22 bits per heavy atom. The summed E-state index contributed by atoms with van der Waals surface area (Å²) >= 11 is 6.21. The van der Waals surface area contributed by atoms with Gasteiger partial charge < -0.3 is 14.6 Å². The maximum atomic E-state index is 12.9. The zero-order valence-electron chi connectivity index (χ0n) is 19.1. The highest BCUT2D eigenvalue weighted by Crippen LogP contribution is 2.35. The van der Waals surface area contributed by atoms with E-state index >= 15 is 0 Å². The van der Waals surface area contributed by atoms with E-state index in [4.69, 9.17) is 21.7 Å². The number of hydrazine groups is 1. The number of thioether (sulfide) groups is 1. The van der Waals surface area contributed by atoms with Crippen LogP contribution in [-0.4, -0.2) is 49.9 Å². The number of nitrogens with zero attached hydrogens (tertiary/aromatic N) is 2. The molecule has 0 bridgehead atoms. The molecule has 1 unspecified atom stereocenters. The van der Waals surface area contributed by atoms with Gasteiger partial charge in [0.2, 0.25) is 0 Å². The molecule has 1 fully saturated rings. The van der Waals surface area contributed by atoms with E-state index in [0.717, 1.165) is 16.8 Å². The minimum Gasteiger partial charge on any atom is -0.490 e. The van der Waals surface area contributed by atoms with Crippen molar-refractivity contribution in [3.63, 3.8) is 0 Å². The zero-order valence-corrected chi connectivity index (χ0v) is 20.8. The van der Waals surface area contributed by atoms with Crippen LogP contribution in [0.5, 0.6) is 11.5 Å². The number of benzene rings is 2. The summed E-state index contributed by atoms with van der Waals surface area (Å²) in [6.07, 6.45) is 0.778. The molecule has 2 amide bonds. The van der Waals surface area contributed by atoms with Crippen LogP contribution in [0, 0.1) is 10.1 Å². The number of thiocarbonyl (C=S) groups is 1. The fourth-order valence-corrected chi connectivity index (χ4v) is 4.24. The predicted molar refractivity (Wildman–Crippen MR) is 136 cm³/mol. The molecule has 0 aromatic heterocycles. The van der Waals surface area contributed by atoms with Gasteiger partial charge in [0.1, 0.15) is 0 Å². The smallest absolute Gasteiger partial charge is 0.344 e. The van der Waals surface area contributed by atoms with E-state index in [2.05, 4.69) is 5.43 Å². The Bertz CT molecular complexity index is 1250. The number of non-ortho nitro benzene ring substituents is 1. The Labute approximate surface area is 215 Å². The van der Waals surface area contributed by atoms with Crippen LogP contribution in [0.15, 0.2) is 47.4 Å². The Morgan fingerprint density at radius 3 is 2.50 bits per heavy atom. The Morgan fingerprint density at radius 2 is 1.92 bits per heavy atom. The van der Waals surface area contributed by atoms with Crippen LogP contribution < -0.4 is 14.9 Å². The number of carbonyl (C=O) groups is 3. The molecule has 0 saturated carbocycles. The van der Waals surface area contributed by atoms with Gasteiger partial charge in [-0.1, -0.05) is 24.8 Å². The number of nitrogens with one attached hydrogen (secondary N) is 1. The van der Waals surface area contributed by atoms with Gasteiger partial charge in [0.25, 0.3) is 17.5 Å². The van der Waals surface area contributed by atoms with Gasteiger partial charge in [0, 0.05) is 17.7 Å². The quantitative estimate of drug-likeness (QED) is 0.201. The molecule has 13 heteroatoms. The van der Waals surface area contributed by atoms with Crippen molar-refractivity contribution in [1.29, 1.82) is 0 Å². The summed E-state index contributed by atoms with van der Waals surface area (Å²) in [5, 5.41) is 21.0. The second kappa shape index (κ2) is 11.6. The van der Waals surface area contributed by atoms with Crippen molar-refractivity contribution in [2.24, 2.45) is 0 Å². The Kier molecular flexibility index (Phi) is 8.61. The van der Waals surface area contributed by atoms with Crippen LogP contribution in [0.2, 0.25) is 0 Å². The van der Waals surface area contributed by atoms with Gasteiger partial charge in [-0.2, -0.15) is 5.01 Å². The van der Waals surface area contributed by atoms with Crippen molar-refractivity contribution in [1.82, 2.24) is 10.4 Å². The van der Waals surface area contributed by atoms with Crippen molar-refractivity contribution < 1.29 is 33.9 Å². The standard InChI is InChI=1S/C23H21N3O8S2/c1-3-16(22(29)30)34-17-10-5-13(11-18(17)33-4-2)12-19-21(28)25(23(35)36-19)24-20(27)14-6-8-15(9-7-14)26(31)32/h5-12,16H,3-4H2,1-2H3,(H,24,27)(H,29,30)/b19-12+. The number of rotatable bonds is 10. The molecule has 1 atom stereocenters. The fraction of sp³-hybridized carbons (Fsp3) is 0.217. The average Bonchev–Trinajstić information content (AvgIpc) is 3.10. The molecule has 0 radical (unpaired) electrons. The number of ether oxygens (including phenoxy) is 2. The number of carboxylic acids is 1. The molecule has 188 valence electrons. The molecule has 2 N–H and O–H groups in total. The van der Waals surface area contributed by atoms with Crippen LogP contribution >= 0.6 is 24.0 Å². The highest BCUT2D eigenvalue weighted by molar-refractivity contribution is 8.26. The van der Waals surface area contributed by atoms with E-state index < -0.39 is 28.8 Å². The van der Waals surface area contributed by atoms with Gasteiger partial charge in [0.15, 0.2) is 21.9 Å². The minimum atomic E-state index is -1.09. The van der Waals surface area contributed by atoms with Crippen LogP contribution in [0.4, 0.5) is 5.69 Å². The SMILES string of the molecule is CCOc1cc(/C=C2/SC(=S)N(NC(=O)c3ccc([N+](=O)[O-])cc3)C2=O)ccc1OC(CC)C(=O)O. The van der Waals surface area contributed by atoms with Crippen molar-refractivity contribution >= 4 is 57.8 Å². The molecule has 1 heterocycles. The number of aliphatic carboxylic acids is 1. The molecule has 2 aromatic rings. The van der Waals surface area contributed by atoms with Crippen LogP contribution in [0.25, 0.3) is 6.08 Å². The van der Waals surface area contributed by atoms with Crippen molar-refractivity contribution in [2.75, 3.05) is 6.61 Å². The summed E-state index contributed by atoms with van der Waals surface area (Å²) in [6, 6.07) is 9.70. The molecule has 36 heavy (non-hydrogen) atoms. The molecule has 1 aliphatic rings. The predicted octanol–water partition coefficient (Wildman–Crippen LogP) is 3.78. The molecule has 1 saturated heterocycles. The highest BCUT2D eigenvalue weighted by Gasteiger charge is 2.34. The summed E-state index contributed by atoms with van der Waals surface area (Å²) in [7, 11) is 0. The zero-order chi connectivity index (χ0) is 26.4. The molecule has 1 aliphatic heterocycles. The molecular weight excluding hydrogens is 510 g/mol. The lowest BCUT2D eigenvalue weighted by Crippen LogP contribution is -2.44. The van der Waals surface area contributed by atoms with Crippen LogP contribution in [0.1, 0.15) is 36.2 Å². The van der Waals surface area contributed by atoms with Crippen molar-refractivity contribution in [2.45, 2.75) is 26.4 Å². The first-order chi connectivity index (χ1) is 17.1. The van der Waals surface area contributed by atoms with Gasteiger partial charge in [-0.25, -0.2) is 4.79 Å². The molecule has 0 aliphatic carbocycles. The maximum absolute atomic E-state index is 12.9. The lowest BCUT2D eigenvalue weighted by molar-refractivity contribution is -0.384. The fourth-order valence-electron chi connectivity index (χ4n) is 3.06. The lowest BCUT2D eigenvalue weighted by atomic mass is 10.1. The molecule has 0 spiro atoms. The van der Waals surface area contributed by atoms with E-state index in [0.29, 0.717) is 17.9 Å². The summed E-state index contributed by atoms with van der Waals surface area (Å²) in [5.41, 5.74) is 2.92. The number of nitro benzene ring substituents is 1. The molecule has 2 aromatic carbocycles. The number of carbonyl (C=O) groups excluding carboxylic acids is 2. The highest BCUT2D eigenvalue weighted by atomic mass is 32.2. The third-order valence-electron chi connectivity index (χ3n) is 4.83. The van der Waals surface area contributed by atoms with E-state index in [1.54, 1.807) is 38.1 Å². The Balaban J connectivity index is 1.78. The van der Waals surface area contributed by atoms with Gasteiger partial charge in [-0.3, -0.25) is 25.1 Å². The average molecular weight is 532 g/mol. The number of hydrogen-bond acceptors (Lipinski definition) is 9. The minimum absolute atomic E-state index is 0.0961. The summed E-state index contributed by atoms with van der Waals surface area (Å²) in [5.74, 6) is -1.75. The first-order valence-electron chi connectivity index (χ1n) is 10.6. The van der Waals surface area contributed by atoms with Gasteiger partial charge in [0.05, 0.1) is 16.4 Å². The second-order valence-electron chi connectivity index (χ2n) is 7.25. The van der Waals surface area contributed by atoms with E-state index in [9.17, 15) is 29.6 Å². The number of nitro groups is 1. The third-order valence-corrected chi connectivity index (χ3v) is 6.13. The van der Waals surface area contributed by atoms with Gasteiger partial charge in [-0.15, -0.1) is 0 Å². The van der Waals surface area contributed by atoms with E-state index in [1.807, 2.05) is 0 Å². The summed E-state index contributed by atoms with van der Waals surface area (Å²) < 4.78 is 11.2. The van der Waals surface area contributed by atoms with Crippen molar-refractivity contribution in [3.05, 3.63) is 68.6 Å². The lowest BCUT2D eigenvalue weighted by Gasteiger charge is -2.17. The summed E-state index contributed by atoms with van der Waals surface area (Å²) in [6.45, 7) is 3.76. The number of hydrogen-bond donors (Lipinski definition) is 2. The van der Waals surface area contributed by atoms with Crippen LogP contribution in [0.3, 0.4) is 0 Å². The van der Waals surface area contributed by atoms with Crippen molar-refractivity contribution in [3.8, 4) is 11.5 Å². The largest absolute Gasteiger partial charge is 0.490 e. The molecule has 3 rings (SSSR count). The van der Waals surface area contributed by atoms with E-state index in [-0.39, 0.29) is 32.6 Å². The Hall–Kier alpha value is -3.97. The third kappa shape index (κ3) is 6.17. The molecule has 11 nitrogen and oxygen atoms in total. The topological polar surface area (TPSA) is 148 Å². The maximum Gasteiger partial charge on any atom is 0.344 e. The first kappa shape index (κ1) is 26.6. The number of amides is 2. The second-order valence-corrected chi connectivity index (χ2v) is 8.93. The van der Waals surface area contributed by atoms with Gasteiger partial charge in [-0.05, 0) is 61.5 Å². The van der Waals surface area contributed by atoms with Gasteiger partial charge >= 0.3 is 5.97 Å². The van der Waals surface area contributed by atoms with Crippen LogP contribution in [-0.2, 0) is 9.59 Å². The summed E-state index contributed by atoms with van der Waals surface area (Å²) in [4.78, 5) is 47.2. The monoisotopic (exact) mass is 531 g/mol.